The first-order chi connectivity index (χ1) is 9.53. The lowest BCUT2D eigenvalue weighted by atomic mass is 10.1. The molecule has 20 heavy (non-hydrogen) atoms. The number of sulfone groups is 1. The Labute approximate surface area is 123 Å². The van der Waals surface area contributed by atoms with Crippen molar-refractivity contribution in [1.82, 2.24) is 5.32 Å². The Balaban J connectivity index is 2.04. The molecule has 0 amide bonds. The van der Waals surface area contributed by atoms with E-state index in [1.165, 1.54) is 32.1 Å². The van der Waals surface area contributed by atoms with Gasteiger partial charge in [0.05, 0.1) is 11.5 Å². The molecule has 1 atom stereocenters. The summed E-state index contributed by atoms with van der Waals surface area (Å²) in [4.78, 5) is 4.24. The molecule has 1 fully saturated rings. The number of hydrogen-bond acceptors (Lipinski definition) is 3. The van der Waals surface area contributed by atoms with E-state index in [-0.39, 0.29) is 11.7 Å². The minimum atomic E-state index is -2.81. The van der Waals surface area contributed by atoms with E-state index in [2.05, 4.69) is 17.2 Å². The second-order valence-electron chi connectivity index (χ2n) is 5.69. The van der Waals surface area contributed by atoms with Crippen molar-refractivity contribution in [2.45, 2.75) is 51.9 Å². The molecule has 0 aliphatic carbocycles. The summed E-state index contributed by atoms with van der Waals surface area (Å²) >= 11 is 0. The molecule has 1 heterocycles. The third kappa shape index (κ3) is 7.72. The predicted octanol–water partition coefficient (Wildman–Crippen LogP) is 1.69. The first-order valence-electron chi connectivity index (χ1n) is 7.77. The van der Waals surface area contributed by atoms with Gasteiger partial charge in [-0.3, -0.25) is 4.99 Å². The zero-order valence-corrected chi connectivity index (χ0v) is 13.4. The monoisotopic (exact) mass is 303 g/mol. The Morgan fingerprint density at radius 3 is 2.60 bits per heavy atom. The van der Waals surface area contributed by atoms with E-state index in [1.807, 2.05) is 0 Å². The molecule has 0 bridgehead atoms. The molecule has 3 N–H and O–H groups in total. The SMILES string of the molecule is CCCCCCCCNC(N)=NCC1CCS(=O)(=O)C1. The molecular formula is C14H29N3O2S. The molecule has 118 valence electrons. The molecule has 1 aliphatic rings. The highest BCUT2D eigenvalue weighted by atomic mass is 32.2. The standard InChI is InChI=1S/C14H29N3O2S/c1-2-3-4-5-6-7-9-16-14(15)17-11-13-8-10-20(18,19)12-13/h13H,2-12H2,1H3,(H3,15,16,17). The predicted molar refractivity (Wildman–Crippen MR) is 84.6 cm³/mol. The van der Waals surface area contributed by atoms with Crippen molar-refractivity contribution >= 4 is 15.8 Å². The van der Waals surface area contributed by atoms with Gasteiger partial charge in [-0.05, 0) is 18.8 Å². The van der Waals surface area contributed by atoms with Crippen molar-refractivity contribution in [3.05, 3.63) is 0 Å². The van der Waals surface area contributed by atoms with E-state index in [9.17, 15) is 8.42 Å². The molecule has 0 radical (unpaired) electrons. The Morgan fingerprint density at radius 1 is 1.25 bits per heavy atom. The molecule has 5 nitrogen and oxygen atoms in total. The van der Waals surface area contributed by atoms with Gasteiger partial charge in [-0.25, -0.2) is 8.42 Å². The van der Waals surface area contributed by atoms with Crippen LogP contribution in [0.15, 0.2) is 4.99 Å². The van der Waals surface area contributed by atoms with E-state index in [1.54, 1.807) is 0 Å². The van der Waals surface area contributed by atoms with Crippen LogP contribution in [0.4, 0.5) is 0 Å². The summed E-state index contributed by atoms with van der Waals surface area (Å²) in [7, 11) is -2.81. The average Bonchev–Trinajstić information content (AvgIpc) is 2.75. The number of aliphatic imine (C=N–C) groups is 1. The second kappa shape index (κ2) is 9.21. The van der Waals surface area contributed by atoms with Crippen LogP contribution in [-0.2, 0) is 9.84 Å². The fourth-order valence-corrected chi connectivity index (χ4v) is 4.27. The summed E-state index contributed by atoms with van der Waals surface area (Å²) in [5, 5.41) is 3.10. The zero-order valence-electron chi connectivity index (χ0n) is 12.6. The highest BCUT2D eigenvalue weighted by molar-refractivity contribution is 7.91. The van der Waals surface area contributed by atoms with Gasteiger partial charge in [0.25, 0.3) is 0 Å². The molecule has 0 saturated carbocycles. The van der Waals surface area contributed by atoms with Crippen molar-refractivity contribution in [3.8, 4) is 0 Å². The molecule has 1 unspecified atom stereocenters. The van der Waals surface area contributed by atoms with Crippen LogP contribution < -0.4 is 11.1 Å². The summed E-state index contributed by atoms with van der Waals surface area (Å²) in [5.74, 6) is 1.16. The third-order valence-electron chi connectivity index (χ3n) is 3.68. The summed E-state index contributed by atoms with van der Waals surface area (Å²) in [6.45, 7) is 3.59. The largest absolute Gasteiger partial charge is 0.370 e. The lowest BCUT2D eigenvalue weighted by Crippen LogP contribution is -2.33. The van der Waals surface area contributed by atoms with Crippen molar-refractivity contribution in [1.29, 1.82) is 0 Å². The van der Waals surface area contributed by atoms with Gasteiger partial charge in [-0.1, -0.05) is 39.0 Å². The van der Waals surface area contributed by atoms with Gasteiger partial charge in [-0.15, -0.1) is 0 Å². The number of hydrogen-bond donors (Lipinski definition) is 2. The number of nitrogens with zero attached hydrogens (tertiary/aromatic N) is 1. The quantitative estimate of drug-likeness (QED) is 0.385. The van der Waals surface area contributed by atoms with Gasteiger partial charge in [0, 0.05) is 13.1 Å². The molecular weight excluding hydrogens is 274 g/mol. The van der Waals surface area contributed by atoms with E-state index < -0.39 is 9.84 Å². The fourth-order valence-electron chi connectivity index (χ4n) is 2.42. The normalized spacial score (nSPS) is 22.1. The van der Waals surface area contributed by atoms with Crippen LogP contribution >= 0.6 is 0 Å². The maximum atomic E-state index is 11.3. The highest BCUT2D eigenvalue weighted by Gasteiger charge is 2.27. The average molecular weight is 303 g/mol. The smallest absolute Gasteiger partial charge is 0.188 e. The van der Waals surface area contributed by atoms with E-state index >= 15 is 0 Å². The molecule has 0 aromatic heterocycles. The van der Waals surface area contributed by atoms with Gasteiger partial charge >= 0.3 is 0 Å². The number of guanidine groups is 1. The Kier molecular flexibility index (Phi) is 7.95. The number of unbranched alkanes of at least 4 members (excludes halogenated alkanes) is 5. The topological polar surface area (TPSA) is 84.5 Å². The fraction of sp³-hybridized carbons (Fsp3) is 0.929. The van der Waals surface area contributed by atoms with Crippen molar-refractivity contribution in [3.63, 3.8) is 0 Å². The van der Waals surface area contributed by atoms with Crippen LogP contribution in [0.2, 0.25) is 0 Å². The van der Waals surface area contributed by atoms with Crippen LogP contribution in [0.1, 0.15) is 51.9 Å². The molecule has 0 aromatic rings. The van der Waals surface area contributed by atoms with Crippen LogP contribution in [0.25, 0.3) is 0 Å². The maximum Gasteiger partial charge on any atom is 0.188 e. The summed E-state index contributed by atoms with van der Waals surface area (Å²) in [6.07, 6.45) is 8.24. The van der Waals surface area contributed by atoms with Crippen LogP contribution in [-0.4, -0.2) is 39.0 Å². The maximum absolute atomic E-state index is 11.3. The Morgan fingerprint density at radius 2 is 1.95 bits per heavy atom. The van der Waals surface area contributed by atoms with E-state index in [4.69, 9.17) is 5.73 Å². The Bertz CT molecular complexity index is 393. The highest BCUT2D eigenvalue weighted by Crippen LogP contribution is 2.18. The minimum absolute atomic E-state index is 0.148. The lowest BCUT2D eigenvalue weighted by Gasteiger charge is -2.07. The van der Waals surface area contributed by atoms with Gasteiger partial charge < -0.3 is 11.1 Å². The molecule has 1 rings (SSSR count). The second-order valence-corrected chi connectivity index (χ2v) is 7.92. The van der Waals surface area contributed by atoms with Crippen LogP contribution in [0.5, 0.6) is 0 Å². The van der Waals surface area contributed by atoms with Gasteiger partial charge in [0.1, 0.15) is 0 Å². The first kappa shape index (κ1) is 17.3. The van der Waals surface area contributed by atoms with Gasteiger partial charge in [0.15, 0.2) is 15.8 Å². The number of rotatable bonds is 9. The van der Waals surface area contributed by atoms with E-state index in [0.29, 0.717) is 18.3 Å². The first-order valence-corrected chi connectivity index (χ1v) is 9.60. The molecule has 0 aromatic carbocycles. The summed E-state index contributed by atoms with van der Waals surface area (Å²) in [6, 6.07) is 0. The number of nitrogens with two attached hydrogens (primary N) is 1. The van der Waals surface area contributed by atoms with E-state index in [0.717, 1.165) is 19.4 Å². The van der Waals surface area contributed by atoms with Gasteiger partial charge in [0.2, 0.25) is 0 Å². The summed E-state index contributed by atoms with van der Waals surface area (Å²) < 4.78 is 22.6. The van der Waals surface area contributed by atoms with Crippen molar-refractivity contribution < 1.29 is 8.42 Å². The molecule has 6 heteroatoms. The van der Waals surface area contributed by atoms with Crippen molar-refractivity contribution in [2.75, 3.05) is 24.6 Å². The third-order valence-corrected chi connectivity index (χ3v) is 5.52. The minimum Gasteiger partial charge on any atom is -0.370 e. The zero-order chi connectivity index (χ0) is 14.8. The molecule has 0 spiro atoms. The Hall–Kier alpha value is -0.780. The van der Waals surface area contributed by atoms with Crippen LogP contribution in [0.3, 0.4) is 0 Å². The molecule has 1 saturated heterocycles. The van der Waals surface area contributed by atoms with Gasteiger partial charge in [-0.2, -0.15) is 0 Å². The van der Waals surface area contributed by atoms with Crippen molar-refractivity contribution in [2.24, 2.45) is 16.6 Å². The lowest BCUT2D eigenvalue weighted by molar-refractivity contribution is 0.588. The molecule has 1 aliphatic heterocycles. The summed E-state index contributed by atoms with van der Waals surface area (Å²) in [5.41, 5.74) is 5.77. The number of nitrogens with one attached hydrogen (secondary N) is 1. The van der Waals surface area contributed by atoms with Crippen LogP contribution in [0, 0.1) is 5.92 Å².